The maximum Gasteiger partial charge on any atom is 0.128 e. The Kier molecular flexibility index (Phi) is 6.04. The predicted molar refractivity (Wildman–Crippen MR) is 102 cm³/mol. The van der Waals surface area contributed by atoms with Crippen LogP contribution in [0.1, 0.15) is 11.1 Å². The van der Waals surface area contributed by atoms with Crippen molar-refractivity contribution >= 4 is 17.2 Å². The number of aryl methyl sites for hydroxylation is 1. The average molecular weight is 354 g/mol. The minimum absolute atomic E-state index is 0.246. The van der Waals surface area contributed by atoms with Gasteiger partial charge in [-0.3, -0.25) is 0 Å². The number of anilines is 1. The fourth-order valence-electron chi connectivity index (χ4n) is 2.59. The summed E-state index contributed by atoms with van der Waals surface area (Å²) in [7, 11) is 0. The summed E-state index contributed by atoms with van der Waals surface area (Å²) >= 11 is 1.67. The lowest BCUT2D eigenvalue weighted by atomic mass is 10.2. The first-order chi connectivity index (χ1) is 12.2. The van der Waals surface area contributed by atoms with Crippen molar-refractivity contribution in [3.05, 3.63) is 76.6 Å². The van der Waals surface area contributed by atoms with Crippen molar-refractivity contribution in [3.63, 3.8) is 0 Å². The van der Waals surface area contributed by atoms with Crippen LogP contribution >= 0.6 is 11.3 Å². The molecule has 3 rings (SSSR count). The Bertz CT molecular complexity index is 762. The summed E-state index contributed by atoms with van der Waals surface area (Å²) in [5, 5.41) is 14.6. The van der Waals surface area contributed by atoms with E-state index in [-0.39, 0.29) is 6.61 Å². The molecule has 1 N–H and O–H groups in total. The normalized spacial score (nSPS) is 11.9. The lowest BCUT2D eigenvalue weighted by Gasteiger charge is -2.26. The molecular formula is C20H22N2O2S. The van der Waals surface area contributed by atoms with Gasteiger partial charge in [-0.15, -0.1) is 0 Å². The number of aliphatic hydroxyl groups is 1. The summed E-state index contributed by atoms with van der Waals surface area (Å²) in [6.07, 6.45) is 1.16. The molecule has 0 amide bonds. The largest absolute Gasteiger partial charge is 0.491 e. The zero-order valence-electron chi connectivity index (χ0n) is 14.2. The highest BCUT2D eigenvalue weighted by Crippen LogP contribution is 2.17. The Morgan fingerprint density at radius 1 is 1.20 bits per heavy atom. The fourth-order valence-corrected chi connectivity index (χ4v) is 3.25. The maximum absolute atomic E-state index is 10.4. The molecule has 0 aliphatic rings. The monoisotopic (exact) mass is 354 g/mol. The van der Waals surface area contributed by atoms with Gasteiger partial charge in [-0.1, -0.05) is 18.2 Å². The number of hydrogen-bond donors (Lipinski definition) is 1. The second-order valence-electron chi connectivity index (χ2n) is 5.98. The quantitative estimate of drug-likeness (QED) is 0.666. The molecule has 4 nitrogen and oxygen atoms in total. The Labute approximate surface area is 152 Å². The zero-order chi connectivity index (χ0) is 17.5. The molecule has 0 saturated heterocycles. The number of benzene rings is 1. The van der Waals surface area contributed by atoms with Crippen LogP contribution in [0.3, 0.4) is 0 Å². The number of aliphatic hydroxyl groups excluding tert-OH is 1. The summed E-state index contributed by atoms with van der Waals surface area (Å²) in [5.41, 5.74) is 2.35. The molecule has 0 spiro atoms. The van der Waals surface area contributed by atoms with E-state index in [1.807, 2.05) is 49.4 Å². The molecular weight excluding hydrogens is 332 g/mol. The van der Waals surface area contributed by atoms with E-state index in [9.17, 15) is 5.11 Å². The van der Waals surface area contributed by atoms with Crippen LogP contribution in [0.5, 0.6) is 5.75 Å². The van der Waals surface area contributed by atoms with Crippen LogP contribution in [-0.2, 0) is 6.54 Å². The maximum atomic E-state index is 10.4. The first kappa shape index (κ1) is 17.5. The lowest BCUT2D eigenvalue weighted by molar-refractivity contribution is 0.111. The number of thiophene rings is 1. The van der Waals surface area contributed by atoms with Gasteiger partial charge in [0, 0.05) is 19.3 Å². The topological polar surface area (TPSA) is 45.6 Å². The Morgan fingerprint density at radius 3 is 2.84 bits per heavy atom. The number of rotatable bonds is 8. The molecule has 3 aromatic rings. The molecule has 0 aliphatic carbocycles. The number of pyridine rings is 1. The molecule has 0 radical (unpaired) electrons. The van der Waals surface area contributed by atoms with Crippen LogP contribution < -0.4 is 9.64 Å². The first-order valence-electron chi connectivity index (χ1n) is 8.25. The molecule has 0 unspecified atom stereocenters. The van der Waals surface area contributed by atoms with Crippen molar-refractivity contribution in [2.75, 3.05) is 18.1 Å². The van der Waals surface area contributed by atoms with Gasteiger partial charge in [0.15, 0.2) is 0 Å². The molecule has 1 aromatic carbocycles. The summed E-state index contributed by atoms with van der Waals surface area (Å²) in [5.74, 6) is 1.63. The van der Waals surface area contributed by atoms with Gasteiger partial charge >= 0.3 is 0 Å². The molecule has 2 heterocycles. The molecule has 2 aromatic heterocycles. The standard InChI is InChI=1S/C20H22N2O2S/c1-16-5-4-6-19(11-16)24-14-18(23)13-22(12-17-8-10-25-15-17)20-7-2-3-9-21-20/h2-11,15,18,23H,12-14H2,1H3/t18-/m1/s1. The minimum Gasteiger partial charge on any atom is -0.491 e. The minimum atomic E-state index is -0.610. The van der Waals surface area contributed by atoms with Gasteiger partial charge in [0.25, 0.3) is 0 Å². The van der Waals surface area contributed by atoms with E-state index < -0.39 is 6.10 Å². The van der Waals surface area contributed by atoms with Crippen LogP contribution in [0.2, 0.25) is 0 Å². The van der Waals surface area contributed by atoms with Crippen molar-refractivity contribution in [1.82, 2.24) is 4.98 Å². The van der Waals surface area contributed by atoms with Crippen molar-refractivity contribution in [2.24, 2.45) is 0 Å². The van der Waals surface area contributed by atoms with Crippen molar-refractivity contribution in [2.45, 2.75) is 19.6 Å². The van der Waals surface area contributed by atoms with Gasteiger partial charge in [-0.2, -0.15) is 11.3 Å². The first-order valence-corrected chi connectivity index (χ1v) is 9.19. The van der Waals surface area contributed by atoms with Gasteiger partial charge in [0.05, 0.1) is 0 Å². The van der Waals surface area contributed by atoms with Crippen molar-refractivity contribution in [3.8, 4) is 5.75 Å². The molecule has 0 bridgehead atoms. The highest BCUT2D eigenvalue weighted by Gasteiger charge is 2.15. The van der Waals surface area contributed by atoms with Crippen LogP contribution in [0.4, 0.5) is 5.82 Å². The zero-order valence-corrected chi connectivity index (χ0v) is 15.0. The lowest BCUT2D eigenvalue weighted by Crippen LogP contribution is -2.35. The van der Waals surface area contributed by atoms with Crippen LogP contribution in [-0.4, -0.2) is 29.3 Å². The van der Waals surface area contributed by atoms with Gasteiger partial charge in [-0.25, -0.2) is 4.98 Å². The van der Waals surface area contributed by atoms with Crippen LogP contribution in [0.15, 0.2) is 65.5 Å². The third-order valence-electron chi connectivity index (χ3n) is 3.79. The average Bonchev–Trinajstić information content (AvgIpc) is 3.13. The smallest absolute Gasteiger partial charge is 0.128 e. The molecule has 0 fully saturated rings. The molecule has 1 atom stereocenters. The van der Waals surface area contributed by atoms with Gasteiger partial charge in [0.2, 0.25) is 0 Å². The third kappa shape index (κ3) is 5.31. The van der Waals surface area contributed by atoms with E-state index in [0.717, 1.165) is 17.1 Å². The third-order valence-corrected chi connectivity index (χ3v) is 4.52. The Morgan fingerprint density at radius 2 is 2.12 bits per heavy atom. The van der Waals surface area contributed by atoms with Crippen LogP contribution in [0, 0.1) is 6.92 Å². The van der Waals surface area contributed by atoms with Gasteiger partial charge < -0.3 is 14.7 Å². The number of aromatic nitrogens is 1. The number of nitrogens with zero attached hydrogens (tertiary/aromatic N) is 2. The molecule has 130 valence electrons. The van der Waals surface area contributed by atoms with E-state index in [1.54, 1.807) is 17.5 Å². The van der Waals surface area contributed by atoms with Crippen LogP contribution in [0.25, 0.3) is 0 Å². The van der Waals surface area contributed by atoms with Gasteiger partial charge in [0.1, 0.15) is 24.3 Å². The molecule has 0 aliphatic heterocycles. The second kappa shape index (κ2) is 8.65. The number of hydrogen-bond acceptors (Lipinski definition) is 5. The SMILES string of the molecule is Cc1cccc(OC[C@H](O)CN(Cc2ccsc2)c2ccccn2)c1. The highest BCUT2D eigenvalue weighted by molar-refractivity contribution is 7.07. The molecule has 5 heteroatoms. The van der Waals surface area contributed by atoms with E-state index in [1.165, 1.54) is 5.56 Å². The summed E-state index contributed by atoms with van der Waals surface area (Å²) < 4.78 is 5.73. The molecule has 0 saturated carbocycles. The summed E-state index contributed by atoms with van der Waals surface area (Å²) in [4.78, 5) is 6.50. The van der Waals surface area contributed by atoms with Gasteiger partial charge in [-0.05, 0) is 59.1 Å². The summed E-state index contributed by atoms with van der Waals surface area (Å²) in [6.45, 7) is 3.43. The van der Waals surface area contributed by atoms with E-state index in [4.69, 9.17) is 4.74 Å². The molecule has 25 heavy (non-hydrogen) atoms. The Balaban J connectivity index is 1.62. The van der Waals surface area contributed by atoms with E-state index >= 15 is 0 Å². The number of ether oxygens (including phenoxy) is 1. The van der Waals surface area contributed by atoms with E-state index in [2.05, 4.69) is 26.7 Å². The predicted octanol–water partition coefficient (Wildman–Crippen LogP) is 3.90. The van der Waals surface area contributed by atoms with Crippen molar-refractivity contribution < 1.29 is 9.84 Å². The Hall–Kier alpha value is -2.37. The summed E-state index contributed by atoms with van der Waals surface area (Å²) in [6, 6.07) is 15.7. The second-order valence-corrected chi connectivity index (χ2v) is 6.76. The van der Waals surface area contributed by atoms with E-state index in [0.29, 0.717) is 13.1 Å². The highest BCUT2D eigenvalue weighted by atomic mass is 32.1. The van der Waals surface area contributed by atoms with Crippen molar-refractivity contribution in [1.29, 1.82) is 0 Å². The fraction of sp³-hybridized carbons (Fsp3) is 0.250.